The van der Waals surface area contributed by atoms with Crippen LogP contribution in [0.15, 0.2) is 23.2 Å². The van der Waals surface area contributed by atoms with Gasteiger partial charge in [-0.15, -0.1) is 0 Å². The molecule has 0 unspecified atom stereocenters. The number of anilines is 1. The normalized spacial score (nSPS) is 15.1. The van der Waals surface area contributed by atoms with E-state index in [4.69, 9.17) is 11.6 Å². The van der Waals surface area contributed by atoms with Crippen LogP contribution in [0, 0.1) is 0 Å². The first kappa shape index (κ1) is 16.6. The van der Waals surface area contributed by atoms with Crippen LogP contribution in [0.2, 0.25) is 5.02 Å². The molecule has 1 heterocycles. The summed E-state index contributed by atoms with van der Waals surface area (Å²) >= 11 is 6.28. The van der Waals surface area contributed by atoms with E-state index < -0.39 is 0 Å². The van der Waals surface area contributed by atoms with E-state index in [1.165, 1.54) is 0 Å². The second-order valence-corrected chi connectivity index (χ2v) is 5.74. The average Bonchev–Trinajstić information content (AvgIpc) is 3.05. The van der Waals surface area contributed by atoms with Crippen molar-refractivity contribution < 1.29 is 4.79 Å². The van der Waals surface area contributed by atoms with E-state index in [9.17, 15) is 4.79 Å². The third-order valence-corrected chi connectivity index (χ3v) is 4.23. The van der Waals surface area contributed by atoms with Crippen molar-refractivity contribution in [1.82, 2.24) is 10.2 Å². The number of halogens is 1. The predicted molar refractivity (Wildman–Crippen MR) is 91.9 cm³/mol. The first-order valence-corrected chi connectivity index (χ1v) is 8.00. The van der Waals surface area contributed by atoms with E-state index in [-0.39, 0.29) is 6.03 Å². The van der Waals surface area contributed by atoms with Crippen molar-refractivity contribution in [1.29, 1.82) is 0 Å². The molecule has 0 aliphatic carbocycles. The van der Waals surface area contributed by atoms with Gasteiger partial charge in [0, 0.05) is 27.2 Å². The topological polar surface area (TPSA) is 47.9 Å². The van der Waals surface area contributed by atoms with Crippen molar-refractivity contribution >= 4 is 29.3 Å². The molecule has 2 rings (SSSR count). The summed E-state index contributed by atoms with van der Waals surface area (Å²) in [6.07, 6.45) is 3.08. The summed E-state index contributed by atoms with van der Waals surface area (Å²) in [7, 11) is 3.42. The van der Waals surface area contributed by atoms with Crippen LogP contribution in [0.25, 0.3) is 0 Å². The van der Waals surface area contributed by atoms with Crippen molar-refractivity contribution in [2.45, 2.75) is 26.2 Å². The number of benzene rings is 1. The number of rotatable bonds is 2. The Morgan fingerprint density at radius 1 is 1.41 bits per heavy atom. The quantitative estimate of drug-likeness (QED) is 0.671. The van der Waals surface area contributed by atoms with Crippen molar-refractivity contribution in [2.75, 3.05) is 32.1 Å². The van der Waals surface area contributed by atoms with Gasteiger partial charge in [0.1, 0.15) is 0 Å². The summed E-state index contributed by atoms with van der Waals surface area (Å²) in [5.41, 5.74) is 1.79. The Labute approximate surface area is 137 Å². The highest BCUT2D eigenvalue weighted by Crippen LogP contribution is 2.29. The molecule has 1 aliphatic heterocycles. The molecule has 2 amide bonds. The number of likely N-dealkylation sites (tertiary alicyclic amines) is 1. The van der Waals surface area contributed by atoms with Gasteiger partial charge in [0.15, 0.2) is 0 Å². The highest BCUT2D eigenvalue weighted by atomic mass is 35.5. The highest BCUT2D eigenvalue weighted by Gasteiger charge is 2.22. The molecular weight excluding hydrogens is 300 g/mol. The Bertz CT molecular complexity index is 567. The van der Waals surface area contributed by atoms with E-state index in [2.05, 4.69) is 15.2 Å². The lowest BCUT2D eigenvalue weighted by molar-refractivity contribution is 0.250. The molecule has 22 heavy (non-hydrogen) atoms. The first-order valence-electron chi connectivity index (χ1n) is 7.62. The summed E-state index contributed by atoms with van der Waals surface area (Å²) in [6, 6.07) is 5.46. The average molecular weight is 323 g/mol. The number of guanidine groups is 1. The summed E-state index contributed by atoms with van der Waals surface area (Å²) in [6.45, 7) is 3.91. The molecule has 0 atom stereocenters. The van der Waals surface area contributed by atoms with Gasteiger partial charge in [-0.05, 0) is 30.9 Å². The molecule has 1 aromatic carbocycles. The number of carbonyl (C=O) groups excluding carboxylic acids is 1. The van der Waals surface area contributed by atoms with Crippen LogP contribution in [-0.4, -0.2) is 44.1 Å². The molecule has 1 fully saturated rings. The SMILES string of the molecule is CCc1cccc(Cl)c1N(C)C(=O)NC(=NC)N1CCCC1. The minimum absolute atomic E-state index is 0.227. The largest absolute Gasteiger partial charge is 0.343 e. The molecule has 1 N–H and O–H groups in total. The van der Waals surface area contributed by atoms with Crippen molar-refractivity contribution in [3.63, 3.8) is 0 Å². The lowest BCUT2D eigenvalue weighted by Gasteiger charge is -2.25. The van der Waals surface area contributed by atoms with Gasteiger partial charge in [-0.25, -0.2) is 4.79 Å². The van der Waals surface area contributed by atoms with Crippen LogP contribution in [0.4, 0.5) is 10.5 Å². The molecule has 1 aromatic rings. The fourth-order valence-electron chi connectivity index (χ4n) is 2.71. The van der Waals surface area contributed by atoms with E-state index in [0.717, 1.165) is 43.6 Å². The van der Waals surface area contributed by atoms with E-state index >= 15 is 0 Å². The lowest BCUT2D eigenvalue weighted by atomic mass is 10.1. The zero-order valence-electron chi connectivity index (χ0n) is 13.4. The number of hydrogen-bond acceptors (Lipinski definition) is 2. The van der Waals surface area contributed by atoms with Crippen LogP contribution >= 0.6 is 11.6 Å². The minimum Gasteiger partial charge on any atom is -0.343 e. The molecule has 0 radical (unpaired) electrons. The molecule has 0 bridgehead atoms. The molecule has 1 saturated heterocycles. The summed E-state index contributed by atoms with van der Waals surface area (Å²) in [5.74, 6) is 0.624. The molecule has 0 saturated carbocycles. The third-order valence-electron chi connectivity index (χ3n) is 3.93. The Hall–Kier alpha value is -1.75. The maximum absolute atomic E-state index is 12.5. The molecule has 120 valence electrons. The molecular formula is C16H23ClN4O. The molecule has 1 aliphatic rings. The van der Waals surface area contributed by atoms with E-state index in [1.807, 2.05) is 19.1 Å². The van der Waals surface area contributed by atoms with Gasteiger partial charge in [0.2, 0.25) is 5.96 Å². The second kappa shape index (κ2) is 7.49. The maximum atomic E-state index is 12.5. The number of aryl methyl sites for hydroxylation is 1. The molecule has 5 nitrogen and oxygen atoms in total. The monoisotopic (exact) mass is 322 g/mol. The Morgan fingerprint density at radius 3 is 2.68 bits per heavy atom. The van der Waals surface area contributed by atoms with Gasteiger partial charge in [0.05, 0.1) is 10.7 Å². The highest BCUT2D eigenvalue weighted by molar-refractivity contribution is 6.34. The number of carbonyl (C=O) groups is 1. The van der Waals surface area contributed by atoms with Gasteiger partial charge in [0.25, 0.3) is 0 Å². The van der Waals surface area contributed by atoms with Crippen LogP contribution in [0.5, 0.6) is 0 Å². The third kappa shape index (κ3) is 3.53. The number of nitrogens with zero attached hydrogens (tertiary/aromatic N) is 3. The molecule has 0 aromatic heterocycles. The van der Waals surface area contributed by atoms with Gasteiger partial charge in [-0.1, -0.05) is 30.7 Å². The smallest absolute Gasteiger partial charge is 0.328 e. The van der Waals surface area contributed by atoms with Gasteiger partial charge >= 0.3 is 6.03 Å². The van der Waals surface area contributed by atoms with Crippen molar-refractivity contribution in [3.8, 4) is 0 Å². The van der Waals surface area contributed by atoms with Crippen molar-refractivity contribution in [2.24, 2.45) is 4.99 Å². The Morgan fingerprint density at radius 2 is 2.09 bits per heavy atom. The lowest BCUT2D eigenvalue weighted by Crippen LogP contribution is -2.48. The number of para-hydroxylation sites is 1. The number of aliphatic imine (C=N–C) groups is 1. The maximum Gasteiger partial charge on any atom is 0.328 e. The number of amides is 2. The number of urea groups is 1. The molecule has 0 spiro atoms. The summed E-state index contributed by atoms with van der Waals surface area (Å²) in [5, 5.41) is 3.47. The summed E-state index contributed by atoms with van der Waals surface area (Å²) in [4.78, 5) is 20.4. The van der Waals surface area contributed by atoms with E-state index in [1.54, 1.807) is 25.1 Å². The van der Waals surface area contributed by atoms with E-state index in [0.29, 0.717) is 11.0 Å². The van der Waals surface area contributed by atoms with Crippen LogP contribution in [0.1, 0.15) is 25.3 Å². The van der Waals surface area contributed by atoms with Crippen LogP contribution < -0.4 is 10.2 Å². The standard InChI is InChI=1S/C16H23ClN4O/c1-4-12-8-7-9-13(17)14(12)20(3)16(22)19-15(18-2)21-10-5-6-11-21/h7-9H,4-6,10-11H2,1-3H3,(H,18,19,22). The van der Waals surface area contributed by atoms with Gasteiger partial charge in [-0.3, -0.25) is 15.2 Å². The van der Waals surface area contributed by atoms with Gasteiger partial charge in [-0.2, -0.15) is 0 Å². The van der Waals surface area contributed by atoms with Crippen LogP contribution in [-0.2, 0) is 6.42 Å². The Balaban J connectivity index is 2.15. The minimum atomic E-state index is -0.227. The predicted octanol–water partition coefficient (Wildman–Crippen LogP) is 3.13. The molecule has 6 heteroatoms. The Kier molecular flexibility index (Phi) is 5.66. The fraction of sp³-hybridized carbons (Fsp3) is 0.500. The van der Waals surface area contributed by atoms with Crippen molar-refractivity contribution in [3.05, 3.63) is 28.8 Å². The fourth-order valence-corrected chi connectivity index (χ4v) is 3.03. The zero-order valence-corrected chi connectivity index (χ0v) is 14.2. The number of hydrogen-bond donors (Lipinski definition) is 1. The first-order chi connectivity index (χ1) is 10.6. The second-order valence-electron chi connectivity index (χ2n) is 5.33. The summed E-state index contributed by atoms with van der Waals surface area (Å²) < 4.78 is 0. The zero-order chi connectivity index (χ0) is 16.1. The number of nitrogens with one attached hydrogen (secondary N) is 1. The van der Waals surface area contributed by atoms with Gasteiger partial charge < -0.3 is 4.90 Å². The van der Waals surface area contributed by atoms with Crippen LogP contribution in [0.3, 0.4) is 0 Å².